The SMILES string of the molecule is Cc1cccc(Cl)c1-c1nc(NC2CC2)sc1C(N)=O. The predicted molar refractivity (Wildman–Crippen MR) is 82.5 cm³/mol. The molecule has 3 N–H and O–H groups in total. The molecule has 1 aliphatic carbocycles. The summed E-state index contributed by atoms with van der Waals surface area (Å²) in [4.78, 5) is 16.6. The van der Waals surface area contributed by atoms with Crippen LogP contribution in [0.25, 0.3) is 11.3 Å². The van der Waals surface area contributed by atoms with Crippen molar-refractivity contribution in [2.45, 2.75) is 25.8 Å². The summed E-state index contributed by atoms with van der Waals surface area (Å²) < 4.78 is 0. The highest BCUT2D eigenvalue weighted by Gasteiger charge is 2.25. The van der Waals surface area contributed by atoms with Gasteiger partial charge >= 0.3 is 0 Å². The van der Waals surface area contributed by atoms with Gasteiger partial charge in [-0.2, -0.15) is 0 Å². The summed E-state index contributed by atoms with van der Waals surface area (Å²) in [6.45, 7) is 1.94. The minimum atomic E-state index is -0.472. The number of anilines is 1. The molecule has 1 amide bonds. The Morgan fingerprint density at radius 2 is 2.25 bits per heavy atom. The summed E-state index contributed by atoms with van der Waals surface area (Å²) in [5, 5.41) is 4.61. The maximum absolute atomic E-state index is 11.7. The molecule has 1 fully saturated rings. The number of hydrogen-bond donors (Lipinski definition) is 2. The molecule has 0 spiro atoms. The molecule has 0 bridgehead atoms. The van der Waals surface area contributed by atoms with Gasteiger partial charge in [-0.3, -0.25) is 4.79 Å². The van der Waals surface area contributed by atoms with E-state index in [2.05, 4.69) is 10.3 Å². The van der Waals surface area contributed by atoms with Crippen LogP contribution in [-0.4, -0.2) is 16.9 Å². The quantitative estimate of drug-likeness (QED) is 0.909. The Morgan fingerprint density at radius 3 is 2.85 bits per heavy atom. The number of carbonyl (C=O) groups excluding carboxylic acids is 1. The van der Waals surface area contributed by atoms with Crippen LogP contribution in [0, 0.1) is 6.92 Å². The zero-order valence-corrected chi connectivity index (χ0v) is 12.5. The Morgan fingerprint density at radius 1 is 1.50 bits per heavy atom. The van der Waals surface area contributed by atoms with Gasteiger partial charge in [-0.05, 0) is 31.4 Å². The van der Waals surface area contributed by atoms with E-state index in [0.29, 0.717) is 21.6 Å². The molecule has 3 rings (SSSR count). The summed E-state index contributed by atoms with van der Waals surface area (Å²) in [5.74, 6) is -0.472. The first-order chi connectivity index (χ1) is 9.56. The molecule has 1 aliphatic rings. The van der Waals surface area contributed by atoms with Gasteiger partial charge in [-0.1, -0.05) is 35.1 Å². The molecule has 6 heteroatoms. The average molecular weight is 308 g/mol. The van der Waals surface area contributed by atoms with Gasteiger partial charge in [0.05, 0.1) is 10.7 Å². The number of aryl methyl sites for hydroxylation is 1. The number of nitrogens with two attached hydrogens (primary N) is 1. The molecule has 1 heterocycles. The smallest absolute Gasteiger partial charge is 0.261 e. The van der Waals surface area contributed by atoms with Gasteiger partial charge in [0, 0.05) is 11.6 Å². The summed E-state index contributed by atoms with van der Waals surface area (Å²) in [6.07, 6.45) is 2.29. The van der Waals surface area contributed by atoms with Crippen LogP contribution >= 0.6 is 22.9 Å². The van der Waals surface area contributed by atoms with E-state index in [4.69, 9.17) is 17.3 Å². The van der Waals surface area contributed by atoms with E-state index < -0.39 is 5.91 Å². The van der Waals surface area contributed by atoms with Gasteiger partial charge in [0.1, 0.15) is 4.88 Å². The zero-order valence-electron chi connectivity index (χ0n) is 10.9. The Hall–Kier alpha value is -1.59. The number of nitrogens with one attached hydrogen (secondary N) is 1. The van der Waals surface area contributed by atoms with E-state index >= 15 is 0 Å². The average Bonchev–Trinajstić information content (AvgIpc) is 3.08. The number of thiazole rings is 1. The normalized spacial score (nSPS) is 14.3. The van der Waals surface area contributed by atoms with Crippen LogP contribution < -0.4 is 11.1 Å². The highest BCUT2D eigenvalue weighted by atomic mass is 35.5. The summed E-state index contributed by atoms with van der Waals surface area (Å²) in [5.41, 5.74) is 7.81. The summed E-state index contributed by atoms with van der Waals surface area (Å²) in [7, 11) is 0. The number of aromatic nitrogens is 1. The lowest BCUT2D eigenvalue weighted by Gasteiger charge is -2.06. The largest absolute Gasteiger partial charge is 0.365 e. The maximum atomic E-state index is 11.7. The minimum Gasteiger partial charge on any atom is -0.365 e. The van der Waals surface area contributed by atoms with E-state index in [1.165, 1.54) is 11.3 Å². The first-order valence-corrected chi connectivity index (χ1v) is 7.58. The number of rotatable bonds is 4. The number of nitrogens with zero attached hydrogens (tertiary/aromatic N) is 1. The van der Waals surface area contributed by atoms with Crippen LogP contribution in [0.1, 0.15) is 28.1 Å². The first-order valence-electron chi connectivity index (χ1n) is 6.39. The Balaban J connectivity index is 2.10. The van der Waals surface area contributed by atoms with E-state index in [1.54, 1.807) is 6.07 Å². The van der Waals surface area contributed by atoms with Crippen molar-refractivity contribution in [2.24, 2.45) is 5.73 Å². The number of primary amides is 1. The fourth-order valence-electron chi connectivity index (χ4n) is 2.05. The molecule has 0 saturated heterocycles. The summed E-state index contributed by atoms with van der Waals surface area (Å²) in [6, 6.07) is 6.09. The number of amides is 1. The highest BCUT2D eigenvalue weighted by Crippen LogP contribution is 2.38. The lowest BCUT2D eigenvalue weighted by Crippen LogP contribution is -2.10. The standard InChI is InChI=1S/C14H14ClN3OS/c1-7-3-2-4-9(15)10(7)11-12(13(16)19)20-14(18-11)17-8-5-6-8/h2-4,8H,5-6H2,1H3,(H2,16,19)(H,17,18). The van der Waals surface area contributed by atoms with Crippen LogP contribution in [0.3, 0.4) is 0 Å². The molecule has 0 unspecified atom stereocenters. The van der Waals surface area contributed by atoms with Crippen LogP contribution in [-0.2, 0) is 0 Å². The third-order valence-corrected chi connectivity index (χ3v) is 4.53. The molecule has 0 aliphatic heterocycles. The van der Waals surface area contributed by atoms with Crippen molar-refractivity contribution >= 4 is 34.0 Å². The lowest BCUT2D eigenvalue weighted by atomic mass is 10.0. The van der Waals surface area contributed by atoms with Gasteiger partial charge < -0.3 is 11.1 Å². The number of benzene rings is 1. The first kappa shape index (κ1) is 13.4. The fourth-order valence-corrected chi connectivity index (χ4v) is 3.26. The van der Waals surface area contributed by atoms with Gasteiger partial charge in [-0.25, -0.2) is 4.98 Å². The fraction of sp³-hybridized carbons (Fsp3) is 0.286. The van der Waals surface area contributed by atoms with Crippen molar-refractivity contribution in [3.8, 4) is 11.3 Å². The molecule has 1 aromatic heterocycles. The Kier molecular flexibility index (Phi) is 3.40. The monoisotopic (exact) mass is 307 g/mol. The molecular formula is C14H14ClN3OS. The number of carbonyl (C=O) groups is 1. The second-order valence-electron chi connectivity index (χ2n) is 4.91. The van der Waals surface area contributed by atoms with Crippen molar-refractivity contribution < 1.29 is 4.79 Å². The molecule has 20 heavy (non-hydrogen) atoms. The van der Waals surface area contributed by atoms with Crippen LogP contribution in [0.2, 0.25) is 5.02 Å². The predicted octanol–water partition coefficient (Wildman–Crippen LogP) is 3.45. The van der Waals surface area contributed by atoms with Gasteiger partial charge in [-0.15, -0.1) is 0 Å². The molecule has 2 aromatic rings. The van der Waals surface area contributed by atoms with Crippen molar-refractivity contribution in [1.29, 1.82) is 0 Å². The minimum absolute atomic E-state index is 0.448. The van der Waals surface area contributed by atoms with Crippen molar-refractivity contribution in [3.05, 3.63) is 33.7 Å². The molecule has 0 radical (unpaired) electrons. The number of hydrogen-bond acceptors (Lipinski definition) is 4. The molecule has 4 nitrogen and oxygen atoms in total. The second-order valence-corrected chi connectivity index (χ2v) is 6.32. The Bertz CT molecular complexity index is 659. The lowest BCUT2D eigenvalue weighted by molar-refractivity contribution is 0.100. The molecule has 0 atom stereocenters. The zero-order chi connectivity index (χ0) is 14.3. The van der Waals surface area contributed by atoms with E-state index in [-0.39, 0.29) is 0 Å². The van der Waals surface area contributed by atoms with Crippen LogP contribution in [0.5, 0.6) is 0 Å². The Labute approximate surface area is 126 Å². The van der Waals surface area contributed by atoms with Crippen molar-refractivity contribution in [2.75, 3.05) is 5.32 Å². The van der Waals surface area contributed by atoms with Gasteiger partial charge in [0.2, 0.25) is 0 Å². The molecular weight excluding hydrogens is 294 g/mol. The number of halogens is 1. The van der Waals surface area contributed by atoms with Crippen LogP contribution in [0.4, 0.5) is 5.13 Å². The molecule has 104 valence electrons. The molecule has 1 aromatic carbocycles. The van der Waals surface area contributed by atoms with E-state index in [1.807, 2.05) is 19.1 Å². The van der Waals surface area contributed by atoms with Crippen LogP contribution in [0.15, 0.2) is 18.2 Å². The van der Waals surface area contributed by atoms with Crippen molar-refractivity contribution in [3.63, 3.8) is 0 Å². The summed E-state index contributed by atoms with van der Waals surface area (Å²) >= 11 is 7.55. The maximum Gasteiger partial charge on any atom is 0.261 e. The topological polar surface area (TPSA) is 68.0 Å². The third-order valence-electron chi connectivity index (χ3n) is 3.21. The van der Waals surface area contributed by atoms with Gasteiger partial charge in [0.25, 0.3) is 5.91 Å². The second kappa shape index (κ2) is 5.07. The van der Waals surface area contributed by atoms with Crippen molar-refractivity contribution in [1.82, 2.24) is 4.98 Å². The van der Waals surface area contributed by atoms with E-state index in [9.17, 15) is 4.79 Å². The molecule has 1 saturated carbocycles. The highest BCUT2D eigenvalue weighted by molar-refractivity contribution is 7.18. The third kappa shape index (κ3) is 2.51. The van der Waals surface area contributed by atoms with E-state index in [0.717, 1.165) is 29.1 Å². The van der Waals surface area contributed by atoms with Gasteiger partial charge in [0.15, 0.2) is 5.13 Å².